The summed E-state index contributed by atoms with van der Waals surface area (Å²) >= 11 is 0. The molecule has 80 valence electrons. The second kappa shape index (κ2) is 6.05. The number of terminal acetylenes is 1. The second-order valence-electron chi connectivity index (χ2n) is 3.20. The van der Waals surface area contributed by atoms with E-state index in [1.54, 1.807) is 19.5 Å². The van der Waals surface area contributed by atoms with Crippen LogP contribution in [0.3, 0.4) is 0 Å². The fourth-order valence-electron chi connectivity index (χ4n) is 1.53. The Labute approximate surface area is 90.9 Å². The highest BCUT2D eigenvalue weighted by atomic mass is 16.5. The Morgan fingerprint density at radius 2 is 2.47 bits per heavy atom. The molecule has 1 heterocycles. The molecule has 1 atom stereocenters. The number of methoxy groups -OCH3 is 1. The van der Waals surface area contributed by atoms with Crippen LogP contribution in [-0.4, -0.2) is 19.1 Å². The monoisotopic (exact) mass is 204 g/mol. The fraction of sp³-hybridized carbons (Fsp3) is 0.417. The molecule has 0 bridgehead atoms. The molecule has 0 spiro atoms. The zero-order valence-electron chi connectivity index (χ0n) is 9.16. The fourth-order valence-corrected chi connectivity index (χ4v) is 1.53. The molecule has 0 aromatic carbocycles. The molecule has 0 radical (unpaired) electrons. The van der Waals surface area contributed by atoms with Crippen molar-refractivity contribution in [1.82, 2.24) is 10.3 Å². The molecule has 0 aliphatic heterocycles. The third kappa shape index (κ3) is 2.97. The van der Waals surface area contributed by atoms with Crippen LogP contribution < -0.4 is 10.1 Å². The third-order valence-corrected chi connectivity index (χ3v) is 2.34. The van der Waals surface area contributed by atoms with E-state index >= 15 is 0 Å². The molecule has 15 heavy (non-hydrogen) atoms. The summed E-state index contributed by atoms with van der Waals surface area (Å²) in [5.74, 6) is 3.44. The highest BCUT2D eigenvalue weighted by molar-refractivity contribution is 5.32. The molecule has 0 aliphatic carbocycles. The lowest BCUT2D eigenvalue weighted by molar-refractivity contribution is 0.397. The largest absolute Gasteiger partial charge is 0.495 e. The zero-order chi connectivity index (χ0) is 11.1. The van der Waals surface area contributed by atoms with E-state index < -0.39 is 0 Å². The van der Waals surface area contributed by atoms with Gasteiger partial charge in [0, 0.05) is 24.2 Å². The van der Waals surface area contributed by atoms with Gasteiger partial charge in [-0.15, -0.1) is 12.3 Å². The van der Waals surface area contributed by atoms with Crippen LogP contribution in [0.2, 0.25) is 0 Å². The minimum Gasteiger partial charge on any atom is -0.495 e. The number of hydrogen-bond donors (Lipinski definition) is 1. The Bertz CT molecular complexity index is 344. The van der Waals surface area contributed by atoms with Crippen LogP contribution in [0.25, 0.3) is 0 Å². The van der Waals surface area contributed by atoms with Crippen molar-refractivity contribution in [3.05, 3.63) is 24.0 Å². The molecule has 1 N–H and O–H groups in total. The Morgan fingerprint density at radius 3 is 3.07 bits per heavy atom. The first kappa shape index (κ1) is 11.5. The predicted octanol–water partition coefficient (Wildman–Crippen LogP) is 1.76. The maximum atomic E-state index is 5.26. The van der Waals surface area contributed by atoms with E-state index in [0.29, 0.717) is 0 Å². The van der Waals surface area contributed by atoms with Crippen molar-refractivity contribution >= 4 is 0 Å². The van der Waals surface area contributed by atoms with Crippen molar-refractivity contribution in [2.45, 2.75) is 18.9 Å². The van der Waals surface area contributed by atoms with Gasteiger partial charge in [-0.1, -0.05) is 0 Å². The summed E-state index contributed by atoms with van der Waals surface area (Å²) in [5, 5.41) is 3.22. The van der Waals surface area contributed by atoms with Crippen molar-refractivity contribution in [3.8, 4) is 18.1 Å². The number of pyridine rings is 1. The lowest BCUT2D eigenvalue weighted by Gasteiger charge is -2.17. The van der Waals surface area contributed by atoms with Gasteiger partial charge in [0.15, 0.2) is 0 Å². The highest BCUT2D eigenvalue weighted by Crippen LogP contribution is 2.26. The average Bonchev–Trinajstić information content (AvgIpc) is 2.30. The summed E-state index contributed by atoms with van der Waals surface area (Å²) < 4.78 is 5.25. The van der Waals surface area contributed by atoms with Crippen molar-refractivity contribution < 1.29 is 4.74 Å². The highest BCUT2D eigenvalue weighted by Gasteiger charge is 2.13. The second-order valence-corrected chi connectivity index (χ2v) is 3.20. The molecule has 1 aromatic heterocycles. The number of hydrogen-bond acceptors (Lipinski definition) is 3. The van der Waals surface area contributed by atoms with Crippen molar-refractivity contribution in [2.24, 2.45) is 0 Å². The van der Waals surface area contributed by atoms with Gasteiger partial charge < -0.3 is 10.1 Å². The molecule has 3 heteroatoms. The molecule has 0 aliphatic rings. The first-order valence-corrected chi connectivity index (χ1v) is 4.92. The van der Waals surface area contributed by atoms with Gasteiger partial charge in [-0.3, -0.25) is 4.98 Å². The standard InChI is InChI=1S/C12H16N2O/c1-4-5-6-11(13-2)10-7-8-14-9-12(10)15-3/h1,7-9,11,13H,5-6H2,2-3H3. The molecule has 0 amide bonds. The minimum atomic E-state index is 0.221. The zero-order valence-corrected chi connectivity index (χ0v) is 9.16. The molecule has 0 saturated heterocycles. The summed E-state index contributed by atoms with van der Waals surface area (Å²) in [6.07, 6.45) is 10.4. The topological polar surface area (TPSA) is 34.2 Å². The van der Waals surface area contributed by atoms with E-state index in [0.717, 1.165) is 24.2 Å². The lowest BCUT2D eigenvalue weighted by atomic mass is 10.0. The van der Waals surface area contributed by atoms with E-state index in [1.807, 2.05) is 13.1 Å². The van der Waals surface area contributed by atoms with Gasteiger partial charge in [-0.25, -0.2) is 0 Å². The molecular weight excluding hydrogens is 188 g/mol. The van der Waals surface area contributed by atoms with E-state index in [9.17, 15) is 0 Å². The maximum Gasteiger partial charge on any atom is 0.141 e. The predicted molar refractivity (Wildman–Crippen MR) is 60.7 cm³/mol. The lowest BCUT2D eigenvalue weighted by Crippen LogP contribution is -2.17. The van der Waals surface area contributed by atoms with Gasteiger partial charge in [-0.05, 0) is 19.5 Å². The molecule has 0 saturated carbocycles. The average molecular weight is 204 g/mol. The Kier molecular flexibility index (Phi) is 4.65. The Morgan fingerprint density at radius 1 is 1.67 bits per heavy atom. The summed E-state index contributed by atoms with van der Waals surface area (Å²) in [6, 6.07) is 2.18. The quantitative estimate of drug-likeness (QED) is 0.742. The van der Waals surface area contributed by atoms with E-state index in [4.69, 9.17) is 11.2 Å². The smallest absolute Gasteiger partial charge is 0.141 e. The summed E-state index contributed by atoms with van der Waals surface area (Å²) in [7, 11) is 3.56. The maximum absolute atomic E-state index is 5.26. The first-order valence-electron chi connectivity index (χ1n) is 4.92. The summed E-state index contributed by atoms with van der Waals surface area (Å²) in [4.78, 5) is 4.02. The summed E-state index contributed by atoms with van der Waals surface area (Å²) in [6.45, 7) is 0. The van der Waals surface area contributed by atoms with Crippen LogP contribution in [0.5, 0.6) is 5.75 Å². The molecular formula is C12H16N2O. The van der Waals surface area contributed by atoms with Crippen LogP contribution in [0.1, 0.15) is 24.4 Å². The van der Waals surface area contributed by atoms with Crippen LogP contribution in [-0.2, 0) is 0 Å². The normalized spacial score (nSPS) is 11.8. The van der Waals surface area contributed by atoms with E-state index in [2.05, 4.69) is 16.2 Å². The molecule has 1 rings (SSSR count). The van der Waals surface area contributed by atoms with Crippen LogP contribution in [0.4, 0.5) is 0 Å². The summed E-state index contributed by atoms with van der Waals surface area (Å²) in [5.41, 5.74) is 1.10. The molecule has 1 aromatic rings. The van der Waals surface area contributed by atoms with Crippen LogP contribution in [0.15, 0.2) is 18.5 Å². The van der Waals surface area contributed by atoms with Crippen molar-refractivity contribution in [3.63, 3.8) is 0 Å². The van der Waals surface area contributed by atoms with Crippen LogP contribution >= 0.6 is 0 Å². The SMILES string of the molecule is C#CCCC(NC)c1ccncc1OC. The first-order chi connectivity index (χ1) is 7.33. The van der Waals surface area contributed by atoms with E-state index in [-0.39, 0.29) is 6.04 Å². The number of nitrogens with zero attached hydrogens (tertiary/aromatic N) is 1. The van der Waals surface area contributed by atoms with Crippen molar-refractivity contribution in [1.29, 1.82) is 0 Å². The number of rotatable bonds is 5. The van der Waals surface area contributed by atoms with Gasteiger partial charge in [0.1, 0.15) is 5.75 Å². The van der Waals surface area contributed by atoms with Gasteiger partial charge in [0.05, 0.1) is 13.3 Å². The number of ether oxygens (including phenoxy) is 1. The Hall–Kier alpha value is -1.53. The molecule has 0 fully saturated rings. The van der Waals surface area contributed by atoms with Gasteiger partial charge >= 0.3 is 0 Å². The Balaban J connectivity index is 2.86. The van der Waals surface area contributed by atoms with E-state index in [1.165, 1.54) is 0 Å². The molecule has 3 nitrogen and oxygen atoms in total. The van der Waals surface area contributed by atoms with Gasteiger partial charge in [-0.2, -0.15) is 0 Å². The third-order valence-electron chi connectivity index (χ3n) is 2.34. The van der Waals surface area contributed by atoms with Crippen LogP contribution in [0, 0.1) is 12.3 Å². The van der Waals surface area contributed by atoms with Gasteiger partial charge in [0.2, 0.25) is 0 Å². The number of nitrogens with one attached hydrogen (secondary N) is 1. The van der Waals surface area contributed by atoms with Crippen molar-refractivity contribution in [2.75, 3.05) is 14.2 Å². The number of aromatic nitrogens is 1. The minimum absolute atomic E-state index is 0.221. The molecule has 1 unspecified atom stereocenters. The van der Waals surface area contributed by atoms with Gasteiger partial charge in [0.25, 0.3) is 0 Å².